The lowest BCUT2D eigenvalue weighted by Gasteiger charge is -2.18. The molecule has 1 fully saturated rings. The molecular formula is C18H30N4O4S+2. The molecule has 9 heteroatoms. The molecule has 1 saturated heterocycles. The maximum Gasteiger partial charge on any atom is 0.341 e. The lowest BCUT2D eigenvalue weighted by Crippen LogP contribution is -3.16. The number of quaternary nitrogens is 2. The second-order valence-electron chi connectivity index (χ2n) is 6.72. The summed E-state index contributed by atoms with van der Waals surface area (Å²) in [5.74, 6) is -1.40. The van der Waals surface area contributed by atoms with E-state index in [1.165, 1.54) is 19.4 Å². The number of nitrogens with two attached hydrogens (primary N) is 2. The van der Waals surface area contributed by atoms with Crippen LogP contribution in [-0.4, -0.2) is 56.6 Å². The van der Waals surface area contributed by atoms with E-state index in [1.807, 2.05) is 5.32 Å². The minimum Gasteiger partial charge on any atom is -0.462 e. The summed E-state index contributed by atoms with van der Waals surface area (Å²) in [6.07, 6.45) is 2.43. The topological polar surface area (TPSA) is 120 Å². The van der Waals surface area contributed by atoms with Gasteiger partial charge in [0.1, 0.15) is 17.6 Å². The highest BCUT2D eigenvalue weighted by atomic mass is 32.1. The van der Waals surface area contributed by atoms with Gasteiger partial charge in [-0.25, -0.2) is 4.79 Å². The fourth-order valence-electron chi connectivity index (χ4n) is 3.61. The number of primary amides is 1. The van der Waals surface area contributed by atoms with Gasteiger partial charge in [-0.05, 0) is 26.3 Å². The largest absolute Gasteiger partial charge is 0.462 e. The molecule has 0 saturated carbocycles. The Hall–Kier alpha value is -1.97. The van der Waals surface area contributed by atoms with E-state index >= 15 is 0 Å². The molecule has 1 aromatic heterocycles. The highest BCUT2D eigenvalue weighted by molar-refractivity contribution is 7.18. The highest BCUT2D eigenvalue weighted by Gasteiger charge is 2.29. The number of thiophene rings is 1. The number of likely N-dealkylation sites (tertiary alicyclic amines) is 1. The fraction of sp³-hybridized carbons (Fsp3) is 0.611. The van der Waals surface area contributed by atoms with Crippen LogP contribution in [0.3, 0.4) is 0 Å². The van der Waals surface area contributed by atoms with Crippen LogP contribution >= 0.6 is 11.3 Å². The van der Waals surface area contributed by atoms with E-state index in [0.29, 0.717) is 16.6 Å². The Labute approximate surface area is 163 Å². The van der Waals surface area contributed by atoms with Crippen LogP contribution < -0.4 is 21.3 Å². The maximum atomic E-state index is 12.3. The normalized spacial score (nSPS) is 19.1. The van der Waals surface area contributed by atoms with Crippen molar-refractivity contribution >= 4 is 34.1 Å². The molecule has 2 heterocycles. The van der Waals surface area contributed by atoms with Gasteiger partial charge < -0.3 is 26.0 Å². The van der Waals surface area contributed by atoms with Crippen molar-refractivity contribution in [3.8, 4) is 0 Å². The van der Waals surface area contributed by atoms with Crippen molar-refractivity contribution in [1.82, 2.24) is 0 Å². The molecule has 2 rings (SSSR count). The average Bonchev–Trinajstić information content (AvgIpc) is 3.19. The SMILES string of the molecule is CCOC(=O)c1c(NC(=O)C[NH2+]C[C@H]2CCC[NH+]2CC)sc(C(N)=O)c1C. The number of rotatable bonds is 9. The van der Waals surface area contributed by atoms with Crippen LogP contribution in [0.2, 0.25) is 0 Å². The lowest BCUT2D eigenvalue weighted by atomic mass is 10.1. The third-order valence-corrected chi connectivity index (χ3v) is 6.19. The number of anilines is 1. The van der Waals surface area contributed by atoms with E-state index in [-0.39, 0.29) is 29.5 Å². The number of carbonyl (C=O) groups is 3. The first kappa shape index (κ1) is 21.3. The zero-order valence-corrected chi connectivity index (χ0v) is 17.0. The maximum absolute atomic E-state index is 12.3. The molecule has 150 valence electrons. The number of amides is 2. The van der Waals surface area contributed by atoms with Crippen LogP contribution in [0.15, 0.2) is 0 Å². The molecule has 1 aliphatic heterocycles. The second kappa shape index (κ2) is 9.82. The molecule has 0 bridgehead atoms. The van der Waals surface area contributed by atoms with E-state index in [9.17, 15) is 14.4 Å². The van der Waals surface area contributed by atoms with Crippen molar-refractivity contribution in [3.05, 3.63) is 16.0 Å². The molecular weight excluding hydrogens is 368 g/mol. The van der Waals surface area contributed by atoms with Gasteiger partial charge in [-0.3, -0.25) is 9.59 Å². The summed E-state index contributed by atoms with van der Waals surface area (Å²) >= 11 is 1.01. The Kier molecular flexibility index (Phi) is 7.76. The number of ether oxygens (including phenoxy) is 1. The van der Waals surface area contributed by atoms with Crippen LogP contribution in [0.5, 0.6) is 0 Å². The van der Waals surface area contributed by atoms with Gasteiger partial charge in [-0.2, -0.15) is 0 Å². The van der Waals surface area contributed by atoms with Crippen LogP contribution in [-0.2, 0) is 9.53 Å². The first-order valence-electron chi connectivity index (χ1n) is 9.45. The van der Waals surface area contributed by atoms with Gasteiger partial charge >= 0.3 is 5.97 Å². The Morgan fingerprint density at radius 2 is 2.11 bits per heavy atom. The Bertz CT molecular complexity index is 704. The molecule has 0 aliphatic carbocycles. The van der Waals surface area contributed by atoms with Gasteiger partial charge in [0.15, 0.2) is 6.54 Å². The summed E-state index contributed by atoms with van der Waals surface area (Å²) in [6, 6.07) is 0.586. The second-order valence-corrected chi connectivity index (χ2v) is 7.74. The summed E-state index contributed by atoms with van der Waals surface area (Å²) in [6.45, 7) is 9.20. The molecule has 0 aromatic carbocycles. The van der Waals surface area contributed by atoms with Gasteiger partial charge in [0.25, 0.3) is 11.8 Å². The number of esters is 1. The standard InChI is InChI=1S/C18H28N4O4S/c1-4-22-8-6-7-12(22)9-20-10-13(23)21-17-14(18(25)26-5-2)11(3)15(27-17)16(19)24/h12,20H,4-10H2,1-3H3,(H2,19,24)(H,21,23)/p+2/t12-/m1/s1. The number of carbonyl (C=O) groups excluding carboxylic acids is 3. The van der Waals surface area contributed by atoms with Crippen LogP contribution in [0, 0.1) is 6.92 Å². The Balaban J connectivity index is 2.00. The summed E-state index contributed by atoms with van der Waals surface area (Å²) in [5.41, 5.74) is 6.03. The zero-order valence-electron chi connectivity index (χ0n) is 16.2. The average molecular weight is 399 g/mol. The van der Waals surface area contributed by atoms with Gasteiger partial charge in [0, 0.05) is 12.8 Å². The van der Waals surface area contributed by atoms with Gasteiger partial charge in [-0.1, -0.05) is 0 Å². The van der Waals surface area contributed by atoms with Crippen molar-refractivity contribution in [2.45, 2.75) is 39.7 Å². The number of hydrogen-bond acceptors (Lipinski definition) is 5. The van der Waals surface area contributed by atoms with Crippen molar-refractivity contribution < 1.29 is 29.3 Å². The molecule has 27 heavy (non-hydrogen) atoms. The first-order chi connectivity index (χ1) is 12.9. The summed E-state index contributed by atoms with van der Waals surface area (Å²) in [7, 11) is 0. The Morgan fingerprint density at radius 3 is 2.74 bits per heavy atom. The molecule has 8 nitrogen and oxygen atoms in total. The monoisotopic (exact) mass is 398 g/mol. The third kappa shape index (κ3) is 5.27. The van der Waals surface area contributed by atoms with E-state index in [1.54, 1.807) is 18.7 Å². The third-order valence-electron chi connectivity index (χ3n) is 4.97. The quantitative estimate of drug-likeness (QED) is 0.395. The van der Waals surface area contributed by atoms with Gasteiger partial charge in [0.2, 0.25) is 0 Å². The predicted molar refractivity (Wildman–Crippen MR) is 103 cm³/mol. The van der Waals surface area contributed by atoms with E-state index in [4.69, 9.17) is 10.5 Å². The van der Waals surface area contributed by atoms with Gasteiger partial charge in [-0.15, -0.1) is 11.3 Å². The van der Waals surface area contributed by atoms with Crippen LogP contribution in [0.25, 0.3) is 0 Å². The summed E-state index contributed by atoms with van der Waals surface area (Å²) < 4.78 is 5.05. The summed E-state index contributed by atoms with van der Waals surface area (Å²) in [4.78, 5) is 38.0. The molecule has 1 aromatic rings. The number of likely N-dealkylation sites (N-methyl/N-ethyl adjacent to an activating group) is 1. The van der Waals surface area contributed by atoms with E-state index < -0.39 is 11.9 Å². The minimum absolute atomic E-state index is 0.207. The molecule has 1 aliphatic rings. The fourth-order valence-corrected chi connectivity index (χ4v) is 4.68. The van der Waals surface area contributed by atoms with E-state index in [0.717, 1.165) is 24.4 Å². The smallest absolute Gasteiger partial charge is 0.341 e. The number of hydrogen-bond donors (Lipinski definition) is 4. The zero-order chi connectivity index (χ0) is 20.0. The predicted octanol–water partition coefficient (Wildman–Crippen LogP) is -1.10. The Morgan fingerprint density at radius 1 is 1.37 bits per heavy atom. The highest BCUT2D eigenvalue weighted by Crippen LogP contribution is 2.33. The minimum atomic E-state index is -0.626. The molecule has 0 radical (unpaired) electrons. The van der Waals surface area contributed by atoms with Crippen molar-refractivity contribution in [3.63, 3.8) is 0 Å². The number of nitrogens with one attached hydrogen (secondary N) is 2. The first-order valence-corrected chi connectivity index (χ1v) is 10.3. The van der Waals surface area contributed by atoms with Gasteiger partial charge in [0.05, 0.1) is 30.1 Å². The van der Waals surface area contributed by atoms with Crippen molar-refractivity contribution in [1.29, 1.82) is 0 Å². The molecule has 6 N–H and O–H groups in total. The van der Waals surface area contributed by atoms with Crippen molar-refractivity contribution in [2.75, 3.05) is 38.1 Å². The van der Waals surface area contributed by atoms with Crippen molar-refractivity contribution in [2.24, 2.45) is 5.73 Å². The van der Waals surface area contributed by atoms with Crippen LogP contribution in [0.4, 0.5) is 5.00 Å². The molecule has 2 atom stereocenters. The van der Waals surface area contributed by atoms with Crippen LogP contribution in [0.1, 0.15) is 52.3 Å². The molecule has 1 unspecified atom stereocenters. The molecule has 2 amide bonds. The van der Waals surface area contributed by atoms with E-state index in [2.05, 4.69) is 12.2 Å². The molecule has 0 spiro atoms. The summed E-state index contributed by atoms with van der Waals surface area (Å²) in [5, 5.41) is 5.07. The lowest BCUT2D eigenvalue weighted by molar-refractivity contribution is -0.923.